The van der Waals surface area contributed by atoms with Gasteiger partial charge in [-0.3, -0.25) is 9.59 Å². The van der Waals surface area contributed by atoms with Crippen LogP contribution in [0.15, 0.2) is 89.7 Å². The highest BCUT2D eigenvalue weighted by Gasteiger charge is 2.17. The number of rotatable bonds is 5. The number of hydrogen-bond donors (Lipinski definition) is 2. The summed E-state index contributed by atoms with van der Waals surface area (Å²) < 4.78 is 6.81. The van der Waals surface area contributed by atoms with E-state index in [2.05, 4.69) is 10.4 Å². The predicted molar refractivity (Wildman–Crippen MR) is 117 cm³/mol. The maximum Gasteiger partial charge on any atom is 0.279 e. The van der Waals surface area contributed by atoms with Gasteiger partial charge in [0.15, 0.2) is 11.4 Å². The van der Waals surface area contributed by atoms with Crippen LogP contribution in [0.2, 0.25) is 0 Å². The zero-order valence-corrected chi connectivity index (χ0v) is 16.6. The summed E-state index contributed by atoms with van der Waals surface area (Å²) in [4.78, 5) is 25.0. The normalized spacial score (nSPS) is 10.5. The Bertz CT molecular complexity index is 1280. The van der Waals surface area contributed by atoms with Gasteiger partial charge in [-0.1, -0.05) is 30.3 Å². The Morgan fingerprint density at radius 3 is 2.35 bits per heavy atom. The number of aryl methyl sites for hydroxylation is 1. The van der Waals surface area contributed by atoms with Crippen LogP contribution in [0.1, 0.15) is 16.1 Å². The van der Waals surface area contributed by atoms with Crippen LogP contribution in [0, 0.1) is 6.92 Å². The van der Waals surface area contributed by atoms with Crippen molar-refractivity contribution in [3.63, 3.8) is 0 Å². The van der Waals surface area contributed by atoms with Crippen molar-refractivity contribution in [1.82, 2.24) is 9.78 Å². The summed E-state index contributed by atoms with van der Waals surface area (Å²) in [5.41, 5.74) is 1.12. The number of nitrogens with one attached hydrogen (secondary N) is 1. The van der Waals surface area contributed by atoms with Crippen molar-refractivity contribution >= 4 is 11.6 Å². The van der Waals surface area contributed by atoms with E-state index in [0.717, 1.165) is 16.3 Å². The van der Waals surface area contributed by atoms with Crippen LogP contribution >= 0.6 is 0 Å². The van der Waals surface area contributed by atoms with Crippen molar-refractivity contribution in [1.29, 1.82) is 0 Å². The first-order chi connectivity index (χ1) is 15.0. The van der Waals surface area contributed by atoms with Crippen molar-refractivity contribution in [2.24, 2.45) is 0 Å². The summed E-state index contributed by atoms with van der Waals surface area (Å²) in [5.74, 6) is 0.177. The monoisotopic (exact) mass is 413 g/mol. The molecule has 31 heavy (non-hydrogen) atoms. The molecule has 1 heterocycles. The van der Waals surface area contributed by atoms with E-state index < -0.39 is 17.2 Å². The second-order valence-electron chi connectivity index (χ2n) is 6.86. The molecule has 0 aliphatic rings. The van der Waals surface area contributed by atoms with E-state index >= 15 is 0 Å². The molecule has 0 bridgehead atoms. The summed E-state index contributed by atoms with van der Waals surface area (Å²) in [7, 11) is 0. The SMILES string of the molecule is Cc1cccc(-n2nc(C(=O)Nc3ccc(Oc4ccccc4)cc3)c(O)cc2=O)c1. The minimum absolute atomic E-state index is 0.259. The smallest absolute Gasteiger partial charge is 0.279 e. The number of anilines is 1. The Morgan fingerprint density at radius 2 is 1.65 bits per heavy atom. The van der Waals surface area contributed by atoms with Crippen molar-refractivity contribution in [2.75, 3.05) is 5.32 Å². The highest BCUT2D eigenvalue weighted by molar-refractivity contribution is 6.04. The molecule has 0 unspecified atom stereocenters. The lowest BCUT2D eigenvalue weighted by Gasteiger charge is -2.10. The molecule has 0 atom stereocenters. The van der Waals surface area contributed by atoms with Crippen molar-refractivity contribution in [2.45, 2.75) is 6.92 Å². The average Bonchev–Trinajstić information content (AvgIpc) is 2.76. The molecule has 1 amide bonds. The number of benzene rings is 3. The largest absolute Gasteiger partial charge is 0.505 e. The lowest BCUT2D eigenvalue weighted by atomic mass is 10.2. The van der Waals surface area contributed by atoms with E-state index in [4.69, 9.17) is 4.74 Å². The lowest BCUT2D eigenvalue weighted by Crippen LogP contribution is -2.25. The predicted octanol–water partition coefficient (Wildman–Crippen LogP) is 4.29. The molecular weight excluding hydrogens is 394 g/mol. The van der Waals surface area contributed by atoms with E-state index in [1.165, 1.54) is 0 Å². The number of aromatic nitrogens is 2. The molecule has 7 nitrogen and oxygen atoms in total. The van der Waals surface area contributed by atoms with Gasteiger partial charge in [0.05, 0.1) is 5.69 Å². The summed E-state index contributed by atoms with van der Waals surface area (Å²) in [5, 5.41) is 16.9. The number of ether oxygens (including phenoxy) is 1. The fourth-order valence-electron chi connectivity index (χ4n) is 2.97. The molecule has 2 N–H and O–H groups in total. The molecule has 154 valence electrons. The molecular formula is C24H19N3O4. The number of hydrogen-bond acceptors (Lipinski definition) is 5. The molecule has 3 aromatic carbocycles. The summed E-state index contributed by atoms with van der Waals surface area (Å²) in [6.45, 7) is 1.88. The number of carbonyl (C=O) groups excluding carboxylic acids is 1. The van der Waals surface area contributed by atoms with Gasteiger partial charge in [0.2, 0.25) is 0 Å². The van der Waals surface area contributed by atoms with Gasteiger partial charge in [0.1, 0.15) is 11.5 Å². The van der Waals surface area contributed by atoms with E-state index in [1.807, 2.05) is 43.3 Å². The van der Waals surface area contributed by atoms with Crippen molar-refractivity contribution < 1.29 is 14.6 Å². The van der Waals surface area contributed by atoms with Gasteiger partial charge in [-0.05, 0) is 61.0 Å². The molecule has 7 heteroatoms. The second kappa shape index (κ2) is 8.54. The fraction of sp³-hybridized carbons (Fsp3) is 0.0417. The quantitative estimate of drug-likeness (QED) is 0.509. The first kappa shape index (κ1) is 19.9. The number of carbonyl (C=O) groups is 1. The van der Waals surface area contributed by atoms with Crippen LogP contribution in [-0.2, 0) is 0 Å². The van der Waals surface area contributed by atoms with Crippen molar-refractivity contribution in [3.8, 4) is 22.9 Å². The van der Waals surface area contributed by atoms with Gasteiger partial charge in [-0.25, -0.2) is 0 Å². The molecule has 0 spiro atoms. The van der Waals surface area contributed by atoms with Gasteiger partial charge >= 0.3 is 0 Å². The third-order valence-electron chi connectivity index (χ3n) is 4.46. The van der Waals surface area contributed by atoms with Gasteiger partial charge in [0.25, 0.3) is 11.5 Å². The van der Waals surface area contributed by atoms with Crippen molar-refractivity contribution in [3.05, 3.63) is 107 Å². The average molecular weight is 413 g/mol. The van der Waals surface area contributed by atoms with Crippen LogP contribution in [0.25, 0.3) is 5.69 Å². The molecule has 0 radical (unpaired) electrons. The molecule has 4 rings (SSSR count). The summed E-state index contributed by atoms with van der Waals surface area (Å²) in [6, 6.07) is 24.2. The van der Waals surface area contributed by atoms with Crippen LogP contribution < -0.4 is 15.6 Å². The van der Waals surface area contributed by atoms with Gasteiger partial charge in [-0.2, -0.15) is 9.78 Å². The lowest BCUT2D eigenvalue weighted by molar-refractivity contribution is 0.101. The van der Waals surface area contributed by atoms with Crippen LogP contribution in [0.4, 0.5) is 5.69 Å². The molecule has 0 saturated carbocycles. The molecule has 4 aromatic rings. The maximum atomic E-state index is 12.7. The highest BCUT2D eigenvalue weighted by atomic mass is 16.5. The Labute approximate surface area is 178 Å². The number of para-hydroxylation sites is 1. The number of amides is 1. The highest BCUT2D eigenvalue weighted by Crippen LogP contribution is 2.23. The minimum Gasteiger partial charge on any atom is -0.505 e. The molecule has 0 aliphatic heterocycles. The zero-order valence-electron chi connectivity index (χ0n) is 16.6. The Balaban J connectivity index is 1.54. The van der Waals surface area contributed by atoms with Gasteiger partial charge < -0.3 is 15.2 Å². The van der Waals surface area contributed by atoms with Crippen LogP contribution in [0.5, 0.6) is 17.2 Å². The second-order valence-corrected chi connectivity index (χ2v) is 6.86. The molecule has 1 aromatic heterocycles. The maximum absolute atomic E-state index is 12.7. The Morgan fingerprint density at radius 1 is 0.935 bits per heavy atom. The number of nitrogens with zero attached hydrogens (tertiary/aromatic N) is 2. The number of aromatic hydroxyl groups is 1. The molecule has 0 aliphatic carbocycles. The van der Waals surface area contributed by atoms with E-state index in [1.54, 1.807) is 42.5 Å². The Kier molecular flexibility index (Phi) is 5.49. The molecule has 0 saturated heterocycles. The first-order valence-corrected chi connectivity index (χ1v) is 9.54. The Hall–Kier alpha value is -4.39. The topological polar surface area (TPSA) is 93.5 Å². The minimum atomic E-state index is -0.643. The third-order valence-corrected chi connectivity index (χ3v) is 4.46. The fourth-order valence-corrected chi connectivity index (χ4v) is 2.97. The van der Waals surface area contributed by atoms with Gasteiger partial charge in [0, 0.05) is 11.8 Å². The summed E-state index contributed by atoms with van der Waals surface area (Å²) >= 11 is 0. The third kappa shape index (κ3) is 4.62. The first-order valence-electron chi connectivity index (χ1n) is 9.54. The van der Waals surface area contributed by atoms with E-state index in [0.29, 0.717) is 22.9 Å². The van der Waals surface area contributed by atoms with E-state index in [-0.39, 0.29) is 5.69 Å². The molecule has 0 fully saturated rings. The van der Waals surface area contributed by atoms with E-state index in [9.17, 15) is 14.7 Å². The summed E-state index contributed by atoms with van der Waals surface area (Å²) in [6.07, 6.45) is 0. The van der Waals surface area contributed by atoms with Crippen LogP contribution in [-0.4, -0.2) is 20.8 Å². The zero-order chi connectivity index (χ0) is 21.8. The standard InChI is InChI=1S/C24H19N3O4/c1-16-6-5-7-18(14-16)27-22(29)15-21(28)23(26-27)24(30)25-17-10-12-20(13-11-17)31-19-8-3-2-4-9-19/h2-15,28H,1H3,(H,25,30). The van der Waals surface area contributed by atoms with Gasteiger partial charge in [-0.15, -0.1) is 0 Å². The van der Waals surface area contributed by atoms with Crippen LogP contribution in [0.3, 0.4) is 0 Å².